The van der Waals surface area contributed by atoms with E-state index in [-0.39, 0.29) is 24.0 Å². The molecule has 0 radical (unpaired) electrons. The minimum atomic E-state index is -3.29. The van der Waals surface area contributed by atoms with Crippen LogP contribution in [0.15, 0.2) is 24.3 Å². The van der Waals surface area contributed by atoms with Gasteiger partial charge in [-0.25, -0.2) is 13.2 Å². The highest BCUT2D eigenvalue weighted by atomic mass is 32.2. The molecular formula is C17H26N2O5S. The van der Waals surface area contributed by atoms with Crippen molar-refractivity contribution in [1.82, 2.24) is 9.21 Å². The Morgan fingerprint density at radius 1 is 1.24 bits per heavy atom. The fraction of sp³-hybridized carbons (Fsp3) is 0.588. The highest BCUT2D eigenvalue weighted by molar-refractivity contribution is 7.89. The Bertz CT molecular complexity index is 682. The van der Waals surface area contributed by atoms with E-state index in [1.807, 2.05) is 19.9 Å². The standard InChI is InChI=1S/C17H26N2O5S/c1-14(2)24-10-11-25(22,23)19-8-6-18(7-9-19)13-15-4-3-5-16(12-15)17(20)21/h3-5,12,14H,6-11,13H2,1-2H3,(H,20,21). The maximum absolute atomic E-state index is 12.3. The van der Waals surface area contributed by atoms with Crippen molar-refractivity contribution in [2.75, 3.05) is 38.5 Å². The van der Waals surface area contributed by atoms with Crippen molar-refractivity contribution in [1.29, 1.82) is 0 Å². The van der Waals surface area contributed by atoms with Gasteiger partial charge in [-0.15, -0.1) is 0 Å². The van der Waals surface area contributed by atoms with Gasteiger partial charge in [0, 0.05) is 32.7 Å². The number of hydrogen-bond donors (Lipinski definition) is 1. The van der Waals surface area contributed by atoms with Gasteiger partial charge in [-0.2, -0.15) is 4.31 Å². The predicted molar refractivity (Wildman–Crippen MR) is 95.1 cm³/mol. The number of carboxylic acid groups (broad SMARTS) is 1. The van der Waals surface area contributed by atoms with Crippen LogP contribution in [0.25, 0.3) is 0 Å². The summed E-state index contributed by atoms with van der Waals surface area (Å²) in [5.41, 5.74) is 1.19. The number of benzene rings is 1. The van der Waals surface area contributed by atoms with Gasteiger partial charge in [-0.3, -0.25) is 4.90 Å². The molecule has 1 aliphatic heterocycles. The Morgan fingerprint density at radius 3 is 2.52 bits per heavy atom. The smallest absolute Gasteiger partial charge is 0.335 e. The van der Waals surface area contributed by atoms with E-state index in [4.69, 9.17) is 9.84 Å². The molecule has 0 atom stereocenters. The summed E-state index contributed by atoms with van der Waals surface area (Å²) in [6.07, 6.45) is 0.0219. The third-order valence-electron chi connectivity index (χ3n) is 4.10. The Kier molecular flexibility index (Phi) is 6.95. The summed E-state index contributed by atoms with van der Waals surface area (Å²) in [6.45, 7) is 6.73. The van der Waals surface area contributed by atoms with Crippen LogP contribution in [0.3, 0.4) is 0 Å². The number of carbonyl (C=O) groups is 1. The summed E-state index contributed by atoms with van der Waals surface area (Å²) in [5.74, 6) is -0.937. The molecular weight excluding hydrogens is 344 g/mol. The number of sulfonamides is 1. The average Bonchev–Trinajstić information content (AvgIpc) is 2.55. The fourth-order valence-electron chi connectivity index (χ4n) is 2.74. The van der Waals surface area contributed by atoms with E-state index in [0.717, 1.165) is 5.56 Å². The molecule has 1 N–H and O–H groups in total. The first-order chi connectivity index (χ1) is 11.8. The zero-order valence-electron chi connectivity index (χ0n) is 14.7. The molecule has 1 fully saturated rings. The number of piperazine rings is 1. The van der Waals surface area contributed by atoms with Gasteiger partial charge in [-0.05, 0) is 31.5 Å². The van der Waals surface area contributed by atoms with Crippen LogP contribution in [-0.2, 0) is 21.3 Å². The van der Waals surface area contributed by atoms with E-state index in [1.54, 1.807) is 18.2 Å². The molecule has 0 bridgehead atoms. The van der Waals surface area contributed by atoms with Crippen molar-refractivity contribution in [3.63, 3.8) is 0 Å². The highest BCUT2D eigenvalue weighted by Crippen LogP contribution is 2.13. The van der Waals surface area contributed by atoms with Crippen LogP contribution >= 0.6 is 0 Å². The fourth-order valence-corrected chi connectivity index (χ4v) is 4.03. The minimum absolute atomic E-state index is 0.00579. The molecule has 8 heteroatoms. The van der Waals surface area contributed by atoms with Crippen LogP contribution in [0.1, 0.15) is 29.8 Å². The van der Waals surface area contributed by atoms with Gasteiger partial charge in [0.25, 0.3) is 0 Å². The van der Waals surface area contributed by atoms with Crippen LogP contribution in [0.5, 0.6) is 0 Å². The van der Waals surface area contributed by atoms with E-state index in [0.29, 0.717) is 32.7 Å². The third kappa shape index (κ3) is 6.07. The van der Waals surface area contributed by atoms with Gasteiger partial charge in [0.2, 0.25) is 10.0 Å². The van der Waals surface area contributed by atoms with Crippen molar-refractivity contribution in [2.24, 2.45) is 0 Å². The summed E-state index contributed by atoms with van der Waals surface area (Å²) < 4.78 is 31.5. The first kappa shape index (κ1) is 19.8. The molecule has 0 amide bonds. The largest absolute Gasteiger partial charge is 0.478 e. The van der Waals surface area contributed by atoms with Gasteiger partial charge < -0.3 is 9.84 Å². The first-order valence-corrected chi connectivity index (χ1v) is 10.0. The summed E-state index contributed by atoms with van der Waals surface area (Å²) in [4.78, 5) is 13.2. The quantitative estimate of drug-likeness (QED) is 0.741. The first-order valence-electron chi connectivity index (χ1n) is 8.42. The van der Waals surface area contributed by atoms with E-state index in [9.17, 15) is 13.2 Å². The number of rotatable bonds is 8. The molecule has 0 unspecified atom stereocenters. The SMILES string of the molecule is CC(C)OCCS(=O)(=O)N1CCN(Cc2cccc(C(=O)O)c2)CC1. The summed E-state index contributed by atoms with van der Waals surface area (Å²) in [5, 5.41) is 9.05. The van der Waals surface area contributed by atoms with E-state index in [1.165, 1.54) is 4.31 Å². The van der Waals surface area contributed by atoms with Crippen LogP contribution in [0, 0.1) is 0 Å². The van der Waals surface area contributed by atoms with E-state index < -0.39 is 16.0 Å². The lowest BCUT2D eigenvalue weighted by Gasteiger charge is -2.34. The number of carboxylic acids is 1. The normalized spacial score (nSPS) is 17.1. The van der Waals surface area contributed by atoms with Gasteiger partial charge in [-0.1, -0.05) is 12.1 Å². The van der Waals surface area contributed by atoms with Crippen molar-refractivity contribution >= 4 is 16.0 Å². The molecule has 140 valence electrons. The molecule has 1 aromatic carbocycles. The van der Waals surface area contributed by atoms with Crippen LogP contribution < -0.4 is 0 Å². The maximum Gasteiger partial charge on any atom is 0.335 e. The molecule has 1 saturated heterocycles. The molecule has 2 rings (SSSR count). The zero-order valence-corrected chi connectivity index (χ0v) is 15.5. The Morgan fingerprint density at radius 2 is 1.92 bits per heavy atom. The van der Waals surface area contributed by atoms with Crippen molar-refractivity contribution < 1.29 is 23.1 Å². The second-order valence-electron chi connectivity index (χ2n) is 6.42. The van der Waals surface area contributed by atoms with Crippen molar-refractivity contribution in [3.05, 3.63) is 35.4 Å². The van der Waals surface area contributed by atoms with Crippen LogP contribution in [0.2, 0.25) is 0 Å². The molecule has 0 spiro atoms. The molecule has 1 aliphatic rings. The summed E-state index contributed by atoms with van der Waals surface area (Å²) >= 11 is 0. The molecule has 1 heterocycles. The Balaban J connectivity index is 1.85. The molecule has 0 aromatic heterocycles. The number of ether oxygens (including phenoxy) is 1. The second-order valence-corrected chi connectivity index (χ2v) is 8.50. The van der Waals surface area contributed by atoms with E-state index >= 15 is 0 Å². The van der Waals surface area contributed by atoms with E-state index in [2.05, 4.69) is 4.90 Å². The molecule has 7 nitrogen and oxygen atoms in total. The highest BCUT2D eigenvalue weighted by Gasteiger charge is 2.26. The average molecular weight is 370 g/mol. The van der Waals surface area contributed by atoms with Crippen molar-refractivity contribution in [2.45, 2.75) is 26.5 Å². The van der Waals surface area contributed by atoms with Crippen molar-refractivity contribution in [3.8, 4) is 0 Å². The predicted octanol–water partition coefficient (Wildman–Crippen LogP) is 1.26. The lowest BCUT2D eigenvalue weighted by molar-refractivity contribution is 0.0696. The molecule has 1 aromatic rings. The van der Waals surface area contributed by atoms with Gasteiger partial charge in [0.05, 0.1) is 24.0 Å². The summed E-state index contributed by atoms with van der Waals surface area (Å²) in [6, 6.07) is 6.84. The maximum atomic E-state index is 12.3. The second kappa shape index (κ2) is 8.75. The monoisotopic (exact) mass is 370 g/mol. The number of aromatic carboxylic acids is 1. The van der Waals surface area contributed by atoms with Gasteiger partial charge >= 0.3 is 5.97 Å². The Labute approximate surface area is 149 Å². The topological polar surface area (TPSA) is 87.2 Å². The van der Waals surface area contributed by atoms with Gasteiger partial charge in [0.1, 0.15) is 0 Å². The van der Waals surface area contributed by atoms with Crippen LogP contribution in [-0.4, -0.2) is 73.3 Å². The Hall–Kier alpha value is -1.48. The molecule has 25 heavy (non-hydrogen) atoms. The summed E-state index contributed by atoms with van der Waals surface area (Å²) in [7, 11) is -3.29. The molecule has 0 aliphatic carbocycles. The van der Waals surface area contributed by atoms with Crippen LogP contribution in [0.4, 0.5) is 0 Å². The lowest BCUT2D eigenvalue weighted by atomic mass is 10.1. The lowest BCUT2D eigenvalue weighted by Crippen LogP contribution is -2.49. The molecule has 0 saturated carbocycles. The number of nitrogens with zero attached hydrogens (tertiary/aromatic N) is 2. The minimum Gasteiger partial charge on any atom is -0.478 e. The van der Waals surface area contributed by atoms with Gasteiger partial charge in [0.15, 0.2) is 0 Å². The number of hydrogen-bond acceptors (Lipinski definition) is 5. The zero-order chi connectivity index (χ0) is 18.4. The third-order valence-corrected chi connectivity index (χ3v) is 5.93.